The monoisotopic (exact) mass is 357 g/mol. The number of piperidine rings is 1. The lowest BCUT2D eigenvalue weighted by Gasteiger charge is -2.31. The fraction of sp³-hybridized carbons (Fsp3) is 0.421. The highest BCUT2D eigenvalue weighted by Crippen LogP contribution is 2.34. The van der Waals surface area contributed by atoms with Crippen LogP contribution in [-0.4, -0.2) is 42.8 Å². The van der Waals surface area contributed by atoms with E-state index in [1.807, 2.05) is 6.07 Å². The van der Waals surface area contributed by atoms with Crippen LogP contribution in [0.25, 0.3) is 0 Å². The maximum Gasteiger partial charge on any atom is 0.245 e. The number of carbonyl (C=O) groups excluding carboxylic acids is 3. The molecule has 2 heterocycles. The van der Waals surface area contributed by atoms with Gasteiger partial charge in [0, 0.05) is 25.2 Å². The Labute approximate surface area is 152 Å². The standard InChI is InChI=1S/C19H23N3O4/c1-3-18(24)22-8-4-5-13(11-22)19(25)21-15-10-14-12(9-16(15)26-2)6-7-17(23)20-14/h3,9-10,13H,1,4-8,11H2,2H3,(H,20,23)(H,21,25). The number of amides is 3. The number of nitrogens with zero attached hydrogens (tertiary/aromatic N) is 1. The van der Waals surface area contributed by atoms with E-state index in [1.165, 1.54) is 6.08 Å². The summed E-state index contributed by atoms with van der Waals surface area (Å²) in [6, 6.07) is 3.58. The summed E-state index contributed by atoms with van der Waals surface area (Å²) in [5.74, 6) is -0.0830. The predicted octanol–water partition coefficient (Wildman–Crippen LogP) is 1.94. The first-order valence-electron chi connectivity index (χ1n) is 8.74. The lowest BCUT2D eigenvalue weighted by atomic mass is 9.96. The zero-order valence-electron chi connectivity index (χ0n) is 14.8. The van der Waals surface area contributed by atoms with Crippen molar-refractivity contribution in [1.29, 1.82) is 0 Å². The van der Waals surface area contributed by atoms with Gasteiger partial charge in [-0.3, -0.25) is 14.4 Å². The van der Waals surface area contributed by atoms with Crippen molar-refractivity contribution in [3.63, 3.8) is 0 Å². The number of hydrogen-bond acceptors (Lipinski definition) is 4. The molecule has 0 spiro atoms. The largest absolute Gasteiger partial charge is 0.495 e. The van der Waals surface area contributed by atoms with Crippen LogP contribution in [-0.2, 0) is 20.8 Å². The maximum absolute atomic E-state index is 12.7. The molecule has 2 N–H and O–H groups in total. The van der Waals surface area contributed by atoms with E-state index in [-0.39, 0.29) is 23.6 Å². The second kappa shape index (κ2) is 7.59. The van der Waals surface area contributed by atoms with Gasteiger partial charge in [-0.25, -0.2) is 0 Å². The molecule has 138 valence electrons. The van der Waals surface area contributed by atoms with E-state index in [4.69, 9.17) is 4.74 Å². The van der Waals surface area contributed by atoms with Crippen LogP contribution in [0.4, 0.5) is 11.4 Å². The first-order chi connectivity index (χ1) is 12.5. The lowest BCUT2D eigenvalue weighted by Crippen LogP contribution is -2.43. The number of aryl methyl sites for hydroxylation is 1. The average Bonchev–Trinajstić information content (AvgIpc) is 2.66. The summed E-state index contributed by atoms with van der Waals surface area (Å²) in [5.41, 5.74) is 2.20. The Morgan fingerprint density at radius 3 is 2.92 bits per heavy atom. The molecule has 3 amide bonds. The molecule has 0 bridgehead atoms. The van der Waals surface area contributed by atoms with Gasteiger partial charge in [0.25, 0.3) is 0 Å². The van der Waals surface area contributed by atoms with Crippen molar-refractivity contribution in [2.24, 2.45) is 5.92 Å². The molecule has 0 aromatic heterocycles. The van der Waals surface area contributed by atoms with Gasteiger partial charge >= 0.3 is 0 Å². The van der Waals surface area contributed by atoms with Crippen molar-refractivity contribution in [2.75, 3.05) is 30.8 Å². The molecular weight excluding hydrogens is 334 g/mol. The van der Waals surface area contributed by atoms with Gasteiger partial charge in [0.2, 0.25) is 17.7 Å². The average molecular weight is 357 g/mol. The SMILES string of the molecule is C=CC(=O)N1CCCC(C(=O)Nc2cc3c(cc2OC)CCC(=O)N3)C1. The van der Waals surface area contributed by atoms with Crippen LogP contribution < -0.4 is 15.4 Å². The van der Waals surface area contributed by atoms with Crippen molar-refractivity contribution in [3.8, 4) is 5.75 Å². The molecule has 1 aromatic carbocycles. The molecular formula is C19H23N3O4. The quantitative estimate of drug-likeness (QED) is 0.806. The number of carbonyl (C=O) groups is 3. The van der Waals surface area contributed by atoms with Crippen LogP contribution in [0.2, 0.25) is 0 Å². The molecule has 1 fully saturated rings. The lowest BCUT2D eigenvalue weighted by molar-refractivity contribution is -0.130. The molecule has 2 aliphatic rings. The second-order valence-corrected chi connectivity index (χ2v) is 6.57. The summed E-state index contributed by atoms with van der Waals surface area (Å²) < 4.78 is 5.40. The first-order valence-corrected chi connectivity index (χ1v) is 8.74. The molecule has 0 radical (unpaired) electrons. The minimum atomic E-state index is -0.289. The number of benzene rings is 1. The van der Waals surface area contributed by atoms with Gasteiger partial charge in [0.1, 0.15) is 5.75 Å². The number of methoxy groups -OCH3 is 1. The Morgan fingerprint density at radius 1 is 1.38 bits per heavy atom. The number of nitrogens with one attached hydrogen (secondary N) is 2. The van der Waals surface area contributed by atoms with E-state index >= 15 is 0 Å². The van der Waals surface area contributed by atoms with E-state index in [0.717, 1.165) is 18.4 Å². The summed E-state index contributed by atoms with van der Waals surface area (Å²) in [6.07, 6.45) is 3.85. The second-order valence-electron chi connectivity index (χ2n) is 6.57. The zero-order valence-corrected chi connectivity index (χ0v) is 14.8. The van der Waals surface area contributed by atoms with Crippen molar-refractivity contribution in [3.05, 3.63) is 30.4 Å². The van der Waals surface area contributed by atoms with Crippen LogP contribution in [0.5, 0.6) is 5.75 Å². The van der Waals surface area contributed by atoms with E-state index in [1.54, 1.807) is 18.1 Å². The Bertz CT molecular complexity index is 759. The summed E-state index contributed by atoms with van der Waals surface area (Å²) in [4.78, 5) is 37.8. The van der Waals surface area contributed by atoms with Crippen molar-refractivity contribution >= 4 is 29.1 Å². The topological polar surface area (TPSA) is 87.7 Å². The first kappa shape index (κ1) is 18.0. The van der Waals surface area contributed by atoms with Crippen LogP contribution in [0.3, 0.4) is 0 Å². The summed E-state index contributed by atoms with van der Waals surface area (Å²) >= 11 is 0. The van der Waals surface area contributed by atoms with Crippen LogP contribution >= 0.6 is 0 Å². The van der Waals surface area contributed by atoms with Crippen LogP contribution in [0.1, 0.15) is 24.8 Å². The van der Waals surface area contributed by atoms with E-state index in [9.17, 15) is 14.4 Å². The van der Waals surface area contributed by atoms with Gasteiger partial charge in [0.05, 0.1) is 18.7 Å². The van der Waals surface area contributed by atoms with E-state index < -0.39 is 0 Å². The molecule has 1 unspecified atom stereocenters. The molecule has 1 atom stereocenters. The van der Waals surface area contributed by atoms with E-state index in [2.05, 4.69) is 17.2 Å². The molecule has 0 saturated carbocycles. The van der Waals surface area contributed by atoms with Crippen molar-refractivity contribution in [1.82, 2.24) is 4.90 Å². The Kier molecular flexibility index (Phi) is 5.25. The van der Waals surface area contributed by atoms with Gasteiger partial charge < -0.3 is 20.3 Å². The third-order valence-corrected chi connectivity index (χ3v) is 4.86. The third kappa shape index (κ3) is 3.71. The molecule has 1 aromatic rings. The number of likely N-dealkylation sites (tertiary alicyclic amines) is 1. The van der Waals surface area contributed by atoms with E-state index in [0.29, 0.717) is 43.1 Å². The van der Waals surface area contributed by atoms with Crippen molar-refractivity contribution < 1.29 is 19.1 Å². The Hall–Kier alpha value is -2.83. The Balaban J connectivity index is 1.76. The fourth-order valence-corrected chi connectivity index (χ4v) is 3.43. The summed E-state index contributed by atoms with van der Waals surface area (Å²) in [5, 5.41) is 5.72. The van der Waals surface area contributed by atoms with Gasteiger partial charge in [-0.2, -0.15) is 0 Å². The minimum Gasteiger partial charge on any atom is -0.495 e. The molecule has 3 rings (SSSR count). The van der Waals surface area contributed by atoms with Gasteiger partial charge in [0.15, 0.2) is 0 Å². The molecule has 26 heavy (non-hydrogen) atoms. The predicted molar refractivity (Wildman–Crippen MR) is 98.1 cm³/mol. The number of hydrogen-bond donors (Lipinski definition) is 2. The van der Waals surface area contributed by atoms with Crippen LogP contribution in [0.15, 0.2) is 24.8 Å². The molecule has 7 heteroatoms. The highest BCUT2D eigenvalue weighted by Gasteiger charge is 2.28. The molecule has 2 aliphatic heterocycles. The number of rotatable bonds is 4. The third-order valence-electron chi connectivity index (χ3n) is 4.86. The van der Waals surface area contributed by atoms with Crippen molar-refractivity contribution in [2.45, 2.75) is 25.7 Å². The summed E-state index contributed by atoms with van der Waals surface area (Å²) in [7, 11) is 1.55. The number of anilines is 2. The highest BCUT2D eigenvalue weighted by atomic mass is 16.5. The smallest absolute Gasteiger partial charge is 0.245 e. The number of fused-ring (bicyclic) bond motifs is 1. The fourth-order valence-electron chi connectivity index (χ4n) is 3.43. The highest BCUT2D eigenvalue weighted by molar-refractivity contribution is 5.98. The van der Waals surface area contributed by atoms with Crippen LogP contribution in [0, 0.1) is 5.92 Å². The van der Waals surface area contributed by atoms with Gasteiger partial charge in [-0.1, -0.05) is 6.58 Å². The molecule has 7 nitrogen and oxygen atoms in total. The molecule has 1 saturated heterocycles. The van der Waals surface area contributed by atoms with Gasteiger partial charge in [-0.15, -0.1) is 0 Å². The number of ether oxygens (including phenoxy) is 1. The normalized spacial score (nSPS) is 19.2. The van der Waals surface area contributed by atoms with Gasteiger partial charge in [-0.05, 0) is 43.0 Å². The summed E-state index contributed by atoms with van der Waals surface area (Å²) in [6.45, 7) is 4.52. The zero-order chi connectivity index (χ0) is 18.7. The molecule has 0 aliphatic carbocycles. The Morgan fingerprint density at radius 2 is 2.19 bits per heavy atom. The maximum atomic E-state index is 12.7. The minimum absolute atomic E-state index is 0.0363.